The normalized spacial score (nSPS) is 10.5. The average molecular weight is 270 g/mol. The summed E-state index contributed by atoms with van der Waals surface area (Å²) in [6, 6.07) is 7.17. The van der Waals surface area contributed by atoms with E-state index in [9.17, 15) is 4.79 Å². The molecule has 0 aliphatic carbocycles. The van der Waals surface area contributed by atoms with Gasteiger partial charge in [-0.3, -0.25) is 9.78 Å². The lowest BCUT2D eigenvalue weighted by Crippen LogP contribution is -2.06. The zero-order valence-corrected chi connectivity index (χ0v) is 10.5. The van der Waals surface area contributed by atoms with Gasteiger partial charge in [-0.1, -0.05) is 35.3 Å². The van der Waals surface area contributed by atoms with Crippen LogP contribution in [0.4, 0.5) is 0 Å². The van der Waals surface area contributed by atoms with Gasteiger partial charge in [0.05, 0.1) is 34.8 Å². The summed E-state index contributed by atoms with van der Waals surface area (Å²) in [4.78, 5) is 15.5. The predicted octanol–water partition coefficient (Wildman–Crippen LogP) is 3.26. The van der Waals surface area contributed by atoms with Gasteiger partial charge >= 0.3 is 5.97 Å². The van der Waals surface area contributed by atoms with E-state index in [1.165, 1.54) is 7.11 Å². The quantitative estimate of drug-likeness (QED) is 0.786. The summed E-state index contributed by atoms with van der Waals surface area (Å²) in [7, 11) is 1.34. The van der Waals surface area contributed by atoms with E-state index >= 15 is 0 Å². The minimum absolute atomic E-state index is 0.120. The van der Waals surface area contributed by atoms with Crippen molar-refractivity contribution in [2.24, 2.45) is 0 Å². The summed E-state index contributed by atoms with van der Waals surface area (Å²) in [5, 5.41) is 1.73. The fraction of sp³-hybridized carbons (Fsp3) is 0.167. The van der Waals surface area contributed by atoms with Gasteiger partial charge in [0.2, 0.25) is 0 Å². The van der Waals surface area contributed by atoms with Crippen LogP contribution in [0.5, 0.6) is 0 Å². The van der Waals surface area contributed by atoms with E-state index in [1.807, 2.05) is 12.1 Å². The van der Waals surface area contributed by atoms with Gasteiger partial charge < -0.3 is 4.74 Å². The van der Waals surface area contributed by atoms with Crippen molar-refractivity contribution in [3.63, 3.8) is 0 Å². The highest BCUT2D eigenvalue weighted by atomic mass is 35.5. The van der Waals surface area contributed by atoms with Gasteiger partial charge in [-0.25, -0.2) is 0 Å². The van der Waals surface area contributed by atoms with E-state index < -0.39 is 0 Å². The molecule has 5 heteroatoms. The van der Waals surface area contributed by atoms with Gasteiger partial charge in [0.25, 0.3) is 0 Å². The summed E-state index contributed by atoms with van der Waals surface area (Å²) in [5.41, 5.74) is 1.20. The molecule has 0 radical (unpaired) electrons. The van der Waals surface area contributed by atoms with E-state index in [0.29, 0.717) is 21.3 Å². The van der Waals surface area contributed by atoms with Crippen LogP contribution in [0.15, 0.2) is 24.3 Å². The zero-order valence-electron chi connectivity index (χ0n) is 9.04. The first kappa shape index (κ1) is 12.1. The molecule has 0 fully saturated rings. The molecule has 3 nitrogen and oxygen atoms in total. The van der Waals surface area contributed by atoms with Crippen LogP contribution in [0, 0.1) is 0 Å². The Labute approximate surface area is 108 Å². The number of esters is 1. The lowest BCUT2D eigenvalue weighted by atomic mass is 10.2. The van der Waals surface area contributed by atoms with Crippen LogP contribution < -0.4 is 0 Å². The Kier molecular flexibility index (Phi) is 3.50. The number of fused-ring (bicyclic) bond motifs is 1. The molecule has 1 aromatic heterocycles. The highest BCUT2D eigenvalue weighted by molar-refractivity contribution is 6.44. The van der Waals surface area contributed by atoms with Crippen molar-refractivity contribution in [1.29, 1.82) is 0 Å². The van der Waals surface area contributed by atoms with Gasteiger partial charge in [0.1, 0.15) is 0 Å². The molecule has 88 valence electrons. The smallest absolute Gasteiger partial charge is 0.311 e. The molecule has 17 heavy (non-hydrogen) atoms. The number of hydrogen-bond donors (Lipinski definition) is 0. The molecule has 1 aromatic carbocycles. The molecule has 2 rings (SSSR count). The average Bonchev–Trinajstić information content (AvgIpc) is 2.34. The third-order valence-electron chi connectivity index (χ3n) is 2.36. The van der Waals surface area contributed by atoms with Crippen LogP contribution in [0.25, 0.3) is 10.9 Å². The van der Waals surface area contributed by atoms with Crippen molar-refractivity contribution >= 4 is 40.1 Å². The van der Waals surface area contributed by atoms with E-state index in [0.717, 1.165) is 5.39 Å². The first-order chi connectivity index (χ1) is 8.11. The van der Waals surface area contributed by atoms with Crippen molar-refractivity contribution in [3.8, 4) is 0 Å². The lowest BCUT2D eigenvalue weighted by molar-refractivity contribution is -0.139. The van der Waals surface area contributed by atoms with Crippen molar-refractivity contribution in [3.05, 3.63) is 40.0 Å². The molecule has 0 saturated heterocycles. The number of ether oxygens (including phenoxy) is 1. The summed E-state index contributed by atoms with van der Waals surface area (Å²) in [6.45, 7) is 0. The summed E-state index contributed by atoms with van der Waals surface area (Å²) < 4.78 is 4.58. The van der Waals surface area contributed by atoms with Crippen molar-refractivity contribution < 1.29 is 9.53 Å². The zero-order chi connectivity index (χ0) is 12.4. The third-order valence-corrected chi connectivity index (χ3v) is 3.16. The Hall–Kier alpha value is -1.32. The minimum atomic E-state index is -0.338. The molecule has 1 heterocycles. The Morgan fingerprint density at radius 3 is 2.71 bits per heavy atom. The number of benzene rings is 1. The molecule has 0 aliphatic rings. The monoisotopic (exact) mass is 269 g/mol. The fourth-order valence-electron chi connectivity index (χ4n) is 1.49. The molecule has 0 spiro atoms. The molecule has 0 unspecified atom stereocenters. The summed E-state index contributed by atoms with van der Waals surface area (Å²) >= 11 is 12.0. The van der Waals surface area contributed by atoms with E-state index in [1.54, 1.807) is 12.1 Å². The Morgan fingerprint density at radius 1 is 1.29 bits per heavy atom. The van der Waals surface area contributed by atoms with Crippen LogP contribution in [0.2, 0.25) is 10.0 Å². The van der Waals surface area contributed by atoms with Gasteiger partial charge in [0.15, 0.2) is 0 Å². The van der Waals surface area contributed by atoms with Crippen LogP contribution in [0.3, 0.4) is 0 Å². The number of aromatic nitrogens is 1. The van der Waals surface area contributed by atoms with Crippen LogP contribution in [0.1, 0.15) is 5.69 Å². The predicted molar refractivity (Wildman–Crippen MR) is 67.5 cm³/mol. The van der Waals surface area contributed by atoms with Gasteiger partial charge in [-0.05, 0) is 12.1 Å². The summed E-state index contributed by atoms with van der Waals surface area (Å²) in [6.07, 6.45) is 0.120. The maximum absolute atomic E-state index is 11.1. The van der Waals surface area contributed by atoms with Gasteiger partial charge in [-0.2, -0.15) is 0 Å². The fourth-order valence-corrected chi connectivity index (χ4v) is 1.86. The van der Waals surface area contributed by atoms with E-state index in [4.69, 9.17) is 23.2 Å². The summed E-state index contributed by atoms with van der Waals surface area (Å²) in [5.74, 6) is -0.338. The standard InChI is InChI=1S/C12H9Cl2NO2/c1-17-10(16)6-8-4-2-7-3-5-9(13)11(14)12(7)15-8/h2-5H,6H2,1H3. The first-order valence-electron chi connectivity index (χ1n) is 4.92. The second-order valence-corrected chi connectivity index (χ2v) is 4.27. The molecular formula is C12H9Cl2NO2. The molecule has 0 aliphatic heterocycles. The minimum Gasteiger partial charge on any atom is -0.469 e. The molecule has 0 bridgehead atoms. The Morgan fingerprint density at radius 2 is 2.00 bits per heavy atom. The Balaban J connectivity index is 2.49. The largest absolute Gasteiger partial charge is 0.469 e. The maximum Gasteiger partial charge on any atom is 0.311 e. The number of rotatable bonds is 2. The molecular weight excluding hydrogens is 261 g/mol. The van der Waals surface area contributed by atoms with E-state index in [2.05, 4.69) is 9.72 Å². The van der Waals surface area contributed by atoms with Gasteiger partial charge in [0, 0.05) is 5.39 Å². The molecule has 0 atom stereocenters. The lowest BCUT2D eigenvalue weighted by Gasteiger charge is -2.04. The van der Waals surface area contributed by atoms with Crippen LogP contribution in [-0.4, -0.2) is 18.1 Å². The van der Waals surface area contributed by atoms with Crippen molar-refractivity contribution in [1.82, 2.24) is 4.98 Å². The highest BCUT2D eigenvalue weighted by Gasteiger charge is 2.09. The first-order valence-corrected chi connectivity index (χ1v) is 5.68. The highest BCUT2D eigenvalue weighted by Crippen LogP contribution is 2.29. The molecule has 0 N–H and O–H groups in total. The van der Waals surface area contributed by atoms with Crippen molar-refractivity contribution in [2.75, 3.05) is 7.11 Å². The Bertz CT molecular complexity index is 584. The van der Waals surface area contributed by atoms with Gasteiger partial charge in [-0.15, -0.1) is 0 Å². The number of methoxy groups -OCH3 is 1. The van der Waals surface area contributed by atoms with E-state index in [-0.39, 0.29) is 12.4 Å². The number of carbonyl (C=O) groups excluding carboxylic acids is 1. The number of hydrogen-bond acceptors (Lipinski definition) is 3. The molecule has 0 amide bonds. The number of nitrogens with zero attached hydrogens (tertiary/aromatic N) is 1. The number of carbonyl (C=O) groups is 1. The van der Waals surface area contributed by atoms with Crippen LogP contribution in [-0.2, 0) is 16.0 Å². The maximum atomic E-state index is 11.1. The number of pyridine rings is 1. The second-order valence-electron chi connectivity index (χ2n) is 3.49. The van der Waals surface area contributed by atoms with Crippen LogP contribution >= 0.6 is 23.2 Å². The molecule has 2 aromatic rings. The SMILES string of the molecule is COC(=O)Cc1ccc2ccc(Cl)c(Cl)c2n1. The topological polar surface area (TPSA) is 39.2 Å². The third kappa shape index (κ3) is 2.51. The second kappa shape index (κ2) is 4.90. The number of halogens is 2. The molecule has 0 saturated carbocycles. The van der Waals surface area contributed by atoms with Crippen molar-refractivity contribution in [2.45, 2.75) is 6.42 Å².